The van der Waals surface area contributed by atoms with Crippen LogP contribution in [0.3, 0.4) is 0 Å². The van der Waals surface area contributed by atoms with E-state index in [0.717, 1.165) is 50.3 Å². The van der Waals surface area contributed by atoms with E-state index in [-0.39, 0.29) is 0 Å². The van der Waals surface area contributed by atoms with E-state index in [9.17, 15) is 0 Å². The molecule has 0 amide bonds. The van der Waals surface area contributed by atoms with Gasteiger partial charge in [0, 0.05) is 38.7 Å². The largest absolute Gasteiger partial charge is 0.264 e. The molecule has 0 saturated heterocycles. The van der Waals surface area contributed by atoms with Crippen molar-refractivity contribution in [1.82, 2.24) is 15.0 Å². The topological polar surface area (TPSA) is 38.7 Å². The molecule has 0 N–H and O–H groups in total. The van der Waals surface area contributed by atoms with Crippen molar-refractivity contribution in [3.63, 3.8) is 0 Å². The third kappa shape index (κ3) is 5.44. The molecule has 0 saturated carbocycles. The number of hydrogen-bond acceptors (Lipinski definition) is 4. The Morgan fingerprint density at radius 2 is 1.07 bits per heavy atom. The summed E-state index contributed by atoms with van der Waals surface area (Å²) in [6, 6.07) is 53.0. The average Bonchev–Trinajstić information content (AvgIpc) is 3.57. The summed E-state index contributed by atoms with van der Waals surface area (Å²) in [6.45, 7) is 0. The molecule has 0 aliphatic carbocycles. The van der Waals surface area contributed by atoms with Crippen LogP contribution in [-0.4, -0.2) is 15.0 Å². The lowest BCUT2D eigenvalue weighted by Gasteiger charge is -2.13. The molecule has 45 heavy (non-hydrogen) atoms. The SMILES string of the molecule is c1ccc(-c2ccccc2-c2cc(-c3ccc(-c4cc5ccccc5s4)cc3)nc(-c3ccc(-c4cccnc4)cc3)n2)cc1. The number of aromatic nitrogens is 3. The third-order valence-corrected chi connectivity index (χ3v) is 9.21. The number of thiophene rings is 1. The van der Waals surface area contributed by atoms with Gasteiger partial charge < -0.3 is 0 Å². The maximum absolute atomic E-state index is 5.16. The van der Waals surface area contributed by atoms with Crippen LogP contribution in [0.1, 0.15) is 0 Å². The molecule has 3 nitrogen and oxygen atoms in total. The number of benzene rings is 5. The summed E-state index contributed by atoms with van der Waals surface area (Å²) in [5.74, 6) is 0.691. The molecular formula is C41H27N3S. The Kier molecular flexibility index (Phi) is 7.02. The van der Waals surface area contributed by atoms with Gasteiger partial charge in [0.15, 0.2) is 5.82 Å². The van der Waals surface area contributed by atoms with Crippen molar-refractivity contribution in [2.75, 3.05) is 0 Å². The number of pyridine rings is 1. The fourth-order valence-electron chi connectivity index (χ4n) is 5.71. The van der Waals surface area contributed by atoms with Crippen molar-refractivity contribution in [3.8, 4) is 66.6 Å². The van der Waals surface area contributed by atoms with Gasteiger partial charge >= 0.3 is 0 Å². The van der Waals surface area contributed by atoms with E-state index in [1.807, 2.05) is 29.7 Å². The van der Waals surface area contributed by atoms with Crippen molar-refractivity contribution in [3.05, 3.63) is 164 Å². The summed E-state index contributed by atoms with van der Waals surface area (Å²) in [4.78, 5) is 15.8. The maximum atomic E-state index is 5.16. The van der Waals surface area contributed by atoms with E-state index in [2.05, 4.69) is 145 Å². The first-order valence-corrected chi connectivity index (χ1v) is 15.7. The lowest BCUT2D eigenvalue weighted by Crippen LogP contribution is -1.97. The fraction of sp³-hybridized carbons (Fsp3) is 0. The van der Waals surface area contributed by atoms with Gasteiger partial charge in [0.2, 0.25) is 0 Å². The van der Waals surface area contributed by atoms with Crippen molar-refractivity contribution in [2.24, 2.45) is 0 Å². The van der Waals surface area contributed by atoms with Crippen LogP contribution in [0, 0.1) is 0 Å². The van der Waals surface area contributed by atoms with Gasteiger partial charge in [-0.05, 0) is 57.5 Å². The van der Waals surface area contributed by atoms with Gasteiger partial charge in [-0.3, -0.25) is 4.98 Å². The van der Waals surface area contributed by atoms with E-state index in [4.69, 9.17) is 9.97 Å². The minimum Gasteiger partial charge on any atom is -0.264 e. The highest BCUT2D eigenvalue weighted by Crippen LogP contribution is 2.37. The van der Waals surface area contributed by atoms with E-state index >= 15 is 0 Å². The zero-order valence-electron chi connectivity index (χ0n) is 24.3. The van der Waals surface area contributed by atoms with Crippen LogP contribution in [0.4, 0.5) is 0 Å². The predicted octanol–water partition coefficient (Wildman–Crippen LogP) is 11.1. The monoisotopic (exact) mass is 593 g/mol. The fourth-order valence-corrected chi connectivity index (χ4v) is 6.78. The zero-order chi connectivity index (χ0) is 30.0. The summed E-state index contributed by atoms with van der Waals surface area (Å²) in [6.07, 6.45) is 3.67. The quantitative estimate of drug-likeness (QED) is 0.192. The van der Waals surface area contributed by atoms with Gasteiger partial charge in [-0.2, -0.15) is 0 Å². The van der Waals surface area contributed by atoms with E-state index in [1.54, 1.807) is 6.20 Å². The highest BCUT2D eigenvalue weighted by Gasteiger charge is 2.15. The van der Waals surface area contributed by atoms with Crippen LogP contribution in [0.15, 0.2) is 164 Å². The molecule has 8 rings (SSSR count). The highest BCUT2D eigenvalue weighted by atomic mass is 32.1. The molecule has 0 aliphatic rings. The average molecular weight is 594 g/mol. The molecule has 4 heteroatoms. The van der Waals surface area contributed by atoms with E-state index in [1.165, 1.54) is 20.5 Å². The smallest absolute Gasteiger partial charge is 0.160 e. The Labute approximate surface area is 266 Å². The Morgan fingerprint density at radius 1 is 0.422 bits per heavy atom. The Bertz CT molecular complexity index is 2210. The van der Waals surface area contributed by atoms with E-state index < -0.39 is 0 Å². The Morgan fingerprint density at radius 3 is 1.84 bits per heavy atom. The van der Waals surface area contributed by atoms with Crippen molar-refractivity contribution < 1.29 is 0 Å². The molecular weight excluding hydrogens is 567 g/mol. The standard InChI is InChI=1S/C41H27N3S/c1-2-9-29(10-3-1)35-13-5-6-14-36(35)38-26-37(30-18-20-31(21-19-30)40-25-33-11-4-7-15-39(33)45-40)43-41(44-38)32-22-16-28(17-23-32)34-12-8-24-42-27-34/h1-27H. The molecule has 0 unspecified atom stereocenters. The molecule has 3 heterocycles. The third-order valence-electron chi connectivity index (χ3n) is 8.04. The number of fused-ring (bicyclic) bond motifs is 1. The summed E-state index contributed by atoms with van der Waals surface area (Å²) >= 11 is 1.82. The molecule has 5 aromatic carbocycles. The van der Waals surface area contributed by atoms with Crippen molar-refractivity contribution in [2.45, 2.75) is 0 Å². The zero-order valence-corrected chi connectivity index (χ0v) is 25.2. The summed E-state index contributed by atoms with van der Waals surface area (Å²) in [5, 5.41) is 1.28. The first-order chi connectivity index (χ1) is 22.3. The first-order valence-electron chi connectivity index (χ1n) is 14.9. The summed E-state index contributed by atoms with van der Waals surface area (Å²) < 4.78 is 1.30. The van der Waals surface area contributed by atoms with Gasteiger partial charge in [0.05, 0.1) is 11.4 Å². The molecule has 0 spiro atoms. The number of nitrogens with zero attached hydrogens (tertiary/aromatic N) is 3. The van der Waals surface area contributed by atoms with Crippen LogP contribution >= 0.6 is 11.3 Å². The molecule has 8 aromatic rings. The molecule has 0 aliphatic heterocycles. The second kappa shape index (κ2) is 11.8. The lowest BCUT2D eigenvalue weighted by atomic mass is 9.96. The summed E-state index contributed by atoms with van der Waals surface area (Å²) in [5.41, 5.74) is 10.5. The van der Waals surface area contributed by atoms with Gasteiger partial charge in [-0.25, -0.2) is 9.97 Å². The number of hydrogen-bond donors (Lipinski definition) is 0. The second-order valence-electron chi connectivity index (χ2n) is 10.9. The van der Waals surface area contributed by atoms with Crippen molar-refractivity contribution in [1.29, 1.82) is 0 Å². The van der Waals surface area contributed by atoms with Crippen LogP contribution in [0.25, 0.3) is 76.7 Å². The molecule has 0 radical (unpaired) electrons. The lowest BCUT2D eigenvalue weighted by molar-refractivity contribution is 1.18. The van der Waals surface area contributed by atoms with Crippen LogP contribution < -0.4 is 0 Å². The Hall–Kier alpha value is -5.71. The molecule has 0 bridgehead atoms. The highest BCUT2D eigenvalue weighted by molar-refractivity contribution is 7.22. The minimum atomic E-state index is 0.691. The maximum Gasteiger partial charge on any atom is 0.160 e. The molecule has 0 fully saturated rings. The summed E-state index contributed by atoms with van der Waals surface area (Å²) in [7, 11) is 0. The number of rotatable bonds is 6. The van der Waals surface area contributed by atoms with Crippen LogP contribution in [-0.2, 0) is 0 Å². The van der Waals surface area contributed by atoms with E-state index in [0.29, 0.717) is 5.82 Å². The molecule has 212 valence electrons. The van der Waals surface area contributed by atoms with Crippen molar-refractivity contribution >= 4 is 21.4 Å². The van der Waals surface area contributed by atoms with Gasteiger partial charge in [-0.15, -0.1) is 11.3 Å². The predicted molar refractivity (Wildman–Crippen MR) is 188 cm³/mol. The van der Waals surface area contributed by atoms with Crippen LogP contribution in [0.2, 0.25) is 0 Å². The van der Waals surface area contributed by atoms with Gasteiger partial charge in [-0.1, -0.05) is 127 Å². The van der Waals surface area contributed by atoms with Crippen LogP contribution in [0.5, 0.6) is 0 Å². The van der Waals surface area contributed by atoms with Gasteiger partial charge in [0.1, 0.15) is 0 Å². The van der Waals surface area contributed by atoms with Gasteiger partial charge in [0.25, 0.3) is 0 Å². The normalized spacial score (nSPS) is 11.1. The molecule has 0 atom stereocenters. The Balaban J connectivity index is 1.23. The first kappa shape index (κ1) is 26.9. The second-order valence-corrected chi connectivity index (χ2v) is 12.0. The minimum absolute atomic E-state index is 0.691. The molecule has 3 aromatic heterocycles.